The van der Waals surface area contributed by atoms with E-state index in [0.29, 0.717) is 11.6 Å². The third-order valence-corrected chi connectivity index (χ3v) is 4.88. The topological polar surface area (TPSA) is 68.3 Å². The van der Waals surface area contributed by atoms with Crippen LogP contribution in [-0.2, 0) is 16.1 Å². The molecule has 5 nitrogen and oxygen atoms in total. The molecule has 3 rings (SSSR count). The first-order valence-corrected chi connectivity index (χ1v) is 8.16. The molecule has 1 saturated heterocycles. The average molecular weight is 334 g/mol. The van der Waals surface area contributed by atoms with E-state index in [2.05, 4.69) is 0 Å². The number of hydrogen-bond donors (Lipinski definition) is 1. The summed E-state index contributed by atoms with van der Waals surface area (Å²) >= 11 is 6.05. The van der Waals surface area contributed by atoms with Gasteiger partial charge in [0.05, 0.1) is 5.92 Å². The van der Waals surface area contributed by atoms with E-state index in [1.807, 2.05) is 42.0 Å². The monoisotopic (exact) mass is 333 g/mol. The maximum Gasteiger partial charge on any atom is 0.242 e. The molecule has 2 N–H and O–H groups in total. The number of halogens is 1. The van der Waals surface area contributed by atoms with Gasteiger partial charge < -0.3 is 15.2 Å². The van der Waals surface area contributed by atoms with E-state index < -0.39 is 0 Å². The zero-order valence-corrected chi connectivity index (χ0v) is 13.8. The number of likely N-dealkylation sites (tertiary alicyclic amines) is 1. The third kappa shape index (κ3) is 3.20. The van der Waals surface area contributed by atoms with Crippen LogP contribution in [0, 0.1) is 5.92 Å². The Labute approximate surface area is 140 Å². The molecular formula is C17H20ClN3O2. The highest BCUT2D eigenvalue weighted by Crippen LogP contribution is 2.24. The van der Waals surface area contributed by atoms with Crippen molar-refractivity contribution >= 4 is 34.3 Å². The van der Waals surface area contributed by atoms with Gasteiger partial charge in [-0.15, -0.1) is 0 Å². The number of hydrogen-bond acceptors (Lipinski definition) is 2. The molecule has 122 valence electrons. The summed E-state index contributed by atoms with van der Waals surface area (Å²) in [6.07, 6.45) is 3.44. The lowest BCUT2D eigenvalue weighted by atomic mass is 9.93. The number of benzene rings is 1. The highest BCUT2D eigenvalue weighted by atomic mass is 35.5. The largest absolute Gasteiger partial charge is 0.369 e. The van der Waals surface area contributed by atoms with Gasteiger partial charge in [-0.2, -0.15) is 0 Å². The minimum Gasteiger partial charge on any atom is -0.369 e. The molecule has 2 heterocycles. The van der Waals surface area contributed by atoms with Crippen molar-refractivity contribution in [3.63, 3.8) is 0 Å². The van der Waals surface area contributed by atoms with E-state index in [0.717, 1.165) is 23.7 Å². The second-order valence-electron chi connectivity index (χ2n) is 6.22. The van der Waals surface area contributed by atoms with Gasteiger partial charge in [0.25, 0.3) is 0 Å². The minimum absolute atomic E-state index is 0.000857. The summed E-state index contributed by atoms with van der Waals surface area (Å²) in [6.45, 7) is 2.66. The van der Waals surface area contributed by atoms with Crippen molar-refractivity contribution in [1.82, 2.24) is 9.47 Å². The molecule has 0 radical (unpaired) electrons. The van der Waals surface area contributed by atoms with Gasteiger partial charge in [0.1, 0.15) is 6.54 Å². The van der Waals surface area contributed by atoms with Crippen molar-refractivity contribution in [2.45, 2.75) is 32.4 Å². The number of nitrogens with zero attached hydrogens (tertiary/aromatic N) is 2. The van der Waals surface area contributed by atoms with Gasteiger partial charge in [0, 0.05) is 29.3 Å². The standard InChI is InChI=1S/C17H20ClN3O2/c1-11-2-3-13(17(19)23)9-21(11)16(22)10-20-7-6-12-4-5-14(18)8-15(12)20/h4-8,11,13H,2-3,9-10H2,1H3,(H2,19,23)/t11-,13-/m0/s1. The summed E-state index contributed by atoms with van der Waals surface area (Å²) < 4.78 is 1.89. The van der Waals surface area contributed by atoms with Crippen LogP contribution in [0.1, 0.15) is 19.8 Å². The quantitative estimate of drug-likeness (QED) is 0.937. The fraction of sp³-hybridized carbons (Fsp3) is 0.412. The molecule has 0 aliphatic carbocycles. The Morgan fingerprint density at radius 1 is 1.30 bits per heavy atom. The SMILES string of the molecule is C[C@H]1CC[C@H](C(N)=O)CN1C(=O)Cn1ccc2ccc(Cl)cc21. The molecule has 1 aromatic heterocycles. The van der Waals surface area contributed by atoms with Crippen LogP contribution in [0.2, 0.25) is 5.02 Å². The second kappa shape index (κ2) is 6.24. The zero-order chi connectivity index (χ0) is 16.6. The number of piperidine rings is 1. The van der Waals surface area contributed by atoms with E-state index >= 15 is 0 Å². The molecule has 0 saturated carbocycles. The molecule has 1 fully saturated rings. The van der Waals surface area contributed by atoms with Gasteiger partial charge in [-0.1, -0.05) is 17.7 Å². The predicted molar refractivity (Wildman–Crippen MR) is 90.0 cm³/mol. The maximum absolute atomic E-state index is 12.7. The van der Waals surface area contributed by atoms with Crippen LogP contribution in [0.25, 0.3) is 10.9 Å². The summed E-state index contributed by atoms with van der Waals surface area (Å²) in [5.74, 6) is -0.570. The van der Waals surface area contributed by atoms with Crippen molar-refractivity contribution in [2.24, 2.45) is 11.7 Å². The molecule has 2 atom stereocenters. The smallest absolute Gasteiger partial charge is 0.242 e. The van der Waals surface area contributed by atoms with Gasteiger partial charge in [-0.3, -0.25) is 9.59 Å². The van der Waals surface area contributed by atoms with Crippen LogP contribution in [0.3, 0.4) is 0 Å². The number of primary amides is 1. The Morgan fingerprint density at radius 2 is 2.09 bits per heavy atom. The first kappa shape index (κ1) is 15.9. The molecule has 1 aliphatic heterocycles. The molecular weight excluding hydrogens is 314 g/mol. The molecule has 2 aromatic rings. The van der Waals surface area contributed by atoms with Gasteiger partial charge in [-0.05, 0) is 43.4 Å². The lowest BCUT2D eigenvalue weighted by Gasteiger charge is -2.37. The molecule has 0 spiro atoms. The molecule has 1 aliphatic rings. The van der Waals surface area contributed by atoms with Crippen LogP contribution >= 0.6 is 11.6 Å². The van der Waals surface area contributed by atoms with E-state index in [-0.39, 0.29) is 30.3 Å². The van der Waals surface area contributed by atoms with Crippen LogP contribution < -0.4 is 5.73 Å². The van der Waals surface area contributed by atoms with Crippen LogP contribution in [-0.4, -0.2) is 33.9 Å². The normalized spacial score (nSPS) is 21.6. The third-order valence-electron chi connectivity index (χ3n) is 4.65. The summed E-state index contributed by atoms with van der Waals surface area (Å²) in [5, 5.41) is 1.69. The summed E-state index contributed by atoms with van der Waals surface area (Å²) in [6, 6.07) is 7.72. The maximum atomic E-state index is 12.7. The molecule has 23 heavy (non-hydrogen) atoms. The van der Waals surface area contributed by atoms with Crippen molar-refractivity contribution in [3.05, 3.63) is 35.5 Å². The Hall–Kier alpha value is -2.01. The Morgan fingerprint density at radius 3 is 2.83 bits per heavy atom. The Balaban J connectivity index is 1.79. The Bertz CT molecular complexity index is 755. The average Bonchev–Trinajstić information content (AvgIpc) is 2.89. The lowest BCUT2D eigenvalue weighted by molar-refractivity contribution is -0.138. The zero-order valence-electron chi connectivity index (χ0n) is 13.0. The van der Waals surface area contributed by atoms with Gasteiger partial charge in [0.2, 0.25) is 11.8 Å². The highest BCUT2D eigenvalue weighted by molar-refractivity contribution is 6.31. The molecule has 0 unspecified atom stereocenters. The molecule has 2 amide bonds. The molecule has 1 aromatic carbocycles. The van der Waals surface area contributed by atoms with Gasteiger partial charge in [-0.25, -0.2) is 0 Å². The van der Waals surface area contributed by atoms with Crippen molar-refractivity contribution < 1.29 is 9.59 Å². The first-order chi connectivity index (χ1) is 11.0. The predicted octanol–water partition coefficient (Wildman–Crippen LogP) is 2.41. The van der Waals surface area contributed by atoms with E-state index in [1.54, 1.807) is 4.90 Å². The first-order valence-electron chi connectivity index (χ1n) is 7.79. The Kier molecular flexibility index (Phi) is 4.31. The number of rotatable bonds is 3. The molecule has 0 bridgehead atoms. The summed E-state index contributed by atoms with van der Waals surface area (Å²) in [4.78, 5) is 25.9. The number of fused-ring (bicyclic) bond motifs is 1. The van der Waals surface area contributed by atoms with Crippen LogP contribution in [0.4, 0.5) is 0 Å². The minimum atomic E-state index is -0.326. The van der Waals surface area contributed by atoms with Crippen molar-refractivity contribution in [1.29, 1.82) is 0 Å². The lowest BCUT2D eigenvalue weighted by Crippen LogP contribution is -2.49. The fourth-order valence-electron chi connectivity index (χ4n) is 3.22. The fourth-order valence-corrected chi connectivity index (χ4v) is 3.38. The summed E-state index contributed by atoms with van der Waals surface area (Å²) in [5.41, 5.74) is 6.34. The second-order valence-corrected chi connectivity index (χ2v) is 6.65. The highest BCUT2D eigenvalue weighted by Gasteiger charge is 2.31. The summed E-state index contributed by atoms with van der Waals surface area (Å²) in [7, 11) is 0. The number of aromatic nitrogens is 1. The van der Waals surface area contributed by atoms with Gasteiger partial charge >= 0.3 is 0 Å². The van der Waals surface area contributed by atoms with Crippen LogP contribution in [0.5, 0.6) is 0 Å². The van der Waals surface area contributed by atoms with E-state index in [9.17, 15) is 9.59 Å². The van der Waals surface area contributed by atoms with Crippen LogP contribution in [0.15, 0.2) is 30.5 Å². The number of nitrogens with two attached hydrogens (primary N) is 1. The van der Waals surface area contributed by atoms with Gasteiger partial charge in [0.15, 0.2) is 0 Å². The van der Waals surface area contributed by atoms with E-state index in [1.165, 1.54) is 0 Å². The van der Waals surface area contributed by atoms with Crippen molar-refractivity contribution in [3.8, 4) is 0 Å². The number of amides is 2. The van der Waals surface area contributed by atoms with Crippen molar-refractivity contribution in [2.75, 3.05) is 6.54 Å². The number of carbonyl (C=O) groups excluding carboxylic acids is 2. The van der Waals surface area contributed by atoms with E-state index in [4.69, 9.17) is 17.3 Å². The molecule has 6 heteroatoms. The number of carbonyl (C=O) groups is 2.